The zero-order chi connectivity index (χ0) is 50.9. The lowest BCUT2D eigenvalue weighted by atomic mass is 10.1. The van der Waals surface area contributed by atoms with Crippen LogP contribution in [0.25, 0.3) is 93.3 Å². The summed E-state index contributed by atoms with van der Waals surface area (Å²) < 4.78 is 207. The van der Waals surface area contributed by atoms with Gasteiger partial charge in [-0.25, -0.2) is 9.97 Å². The van der Waals surface area contributed by atoms with Gasteiger partial charge in [-0.3, -0.25) is 4.57 Å². The quantitative estimate of drug-likeness (QED) is 0.191. The van der Waals surface area contributed by atoms with E-state index in [4.69, 9.17) is 31.8 Å². The van der Waals surface area contributed by atoms with Crippen LogP contribution in [0.15, 0.2) is 143 Å². The second-order valence-corrected chi connectivity index (χ2v) is 10.8. The monoisotopic (exact) mass is 644 g/mol. The highest BCUT2D eigenvalue weighted by molar-refractivity contribution is 7.21. The van der Waals surface area contributed by atoms with Gasteiger partial charge in [0.2, 0.25) is 5.95 Å². The predicted octanol–water partition coefficient (Wildman–Crippen LogP) is 10.5. The highest BCUT2D eigenvalue weighted by Crippen LogP contribution is 2.37. The maximum atomic E-state index is 9.43. The molecule has 220 valence electrons. The minimum Gasteiger partial charge on any atom is -0.456 e. The van der Waals surface area contributed by atoms with Crippen LogP contribution in [0.1, 0.15) is 31.5 Å². The summed E-state index contributed by atoms with van der Waals surface area (Å²) in [6.07, 6.45) is 0. The largest absolute Gasteiger partial charge is 0.456 e. The molecule has 0 aliphatic heterocycles. The number of hydrogen-bond acceptors (Lipinski definition) is 6. The summed E-state index contributed by atoms with van der Waals surface area (Å²) in [6, 6.07) is -16.9. The van der Waals surface area contributed by atoms with Crippen molar-refractivity contribution in [1.29, 1.82) is 0 Å². The van der Waals surface area contributed by atoms with Gasteiger partial charge in [0.1, 0.15) is 16.2 Å². The molecule has 0 aliphatic carbocycles. The Kier molecular flexibility index (Phi) is 2.64. The van der Waals surface area contributed by atoms with E-state index in [0.717, 1.165) is 4.57 Å². The van der Waals surface area contributed by atoms with E-state index in [2.05, 4.69) is 19.9 Å². The number of thiazole rings is 1. The van der Waals surface area contributed by atoms with Gasteiger partial charge in [0.25, 0.3) is 0 Å². The molecule has 0 unspecified atom stereocenters. The Morgan fingerprint density at radius 1 is 0.532 bits per heavy atom. The molecule has 0 radical (unpaired) electrons. The first kappa shape index (κ1) is 12.2. The number of benzene rings is 6. The van der Waals surface area contributed by atoms with E-state index in [1.165, 1.54) is 0 Å². The average Bonchev–Trinajstić information content (AvgIpc) is 4.06. The van der Waals surface area contributed by atoms with E-state index in [1.54, 1.807) is 0 Å². The van der Waals surface area contributed by atoms with Crippen LogP contribution in [0.5, 0.6) is 0 Å². The van der Waals surface area contributed by atoms with Crippen LogP contribution < -0.4 is 0 Å². The van der Waals surface area contributed by atoms with E-state index in [9.17, 15) is 4.11 Å². The number of rotatable bonds is 4. The minimum atomic E-state index is -0.835. The first-order chi connectivity index (χ1) is 32.8. The van der Waals surface area contributed by atoms with Crippen molar-refractivity contribution in [2.45, 2.75) is 0 Å². The van der Waals surface area contributed by atoms with Crippen molar-refractivity contribution in [2.24, 2.45) is 0 Å². The van der Waals surface area contributed by atoms with Gasteiger partial charge >= 0.3 is 0 Å². The summed E-state index contributed by atoms with van der Waals surface area (Å²) in [4.78, 5) is 18.1. The smallest absolute Gasteiger partial charge is 0.238 e. The summed E-state index contributed by atoms with van der Waals surface area (Å²) in [5.41, 5.74) is -3.88. The molecule has 4 aromatic heterocycles. The Balaban J connectivity index is 1.41. The van der Waals surface area contributed by atoms with Gasteiger partial charge in [-0.05, 0) is 42.3 Å². The Morgan fingerprint density at radius 2 is 1.21 bits per heavy atom. The molecular weight excluding hydrogens is 599 g/mol. The third kappa shape index (κ3) is 4.10. The Bertz CT molecular complexity index is 4020. The van der Waals surface area contributed by atoms with E-state index in [-0.39, 0.29) is 26.0 Å². The Hall–Kier alpha value is -6.18. The molecule has 0 atom stereocenters. The molecule has 0 bridgehead atoms. The van der Waals surface area contributed by atoms with Crippen molar-refractivity contribution < 1.29 is 35.9 Å². The fourth-order valence-corrected chi connectivity index (χ4v) is 6.01. The van der Waals surface area contributed by atoms with Crippen LogP contribution in [0, 0.1) is 0 Å². The highest BCUT2D eigenvalue weighted by atomic mass is 32.1. The zero-order valence-corrected chi connectivity index (χ0v) is 23.9. The van der Waals surface area contributed by atoms with Gasteiger partial charge in [-0.15, -0.1) is 11.3 Å². The molecule has 47 heavy (non-hydrogen) atoms. The van der Waals surface area contributed by atoms with Crippen LogP contribution in [-0.2, 0) is 0 Å². The molecule has 0 spiro atoms. The Morgan fingerprint density at radius 3 is 2.02 bits per heavy atom. The summed E-state index contributed by atoms with van der Waals surface area (Å²) in [7, 11) is 0. The topological polar surface area (TPSA) is 69.6 Å². The molecule has 10 aromatic rings. The molecule has 7 heteroatoms. The molecule has 0 amide bonds. The van der Waals surface area contributed by atoms with Gasteiger partial charge < -0.3 is 4.42 Å². The van der Waals surface area contributed by atoms with Crippen LogP contribution in [0.4, 0.5) is 0 Å². The van der Waals surface area contributed by atoms with E-state index < -0.39 is 206 Å². The number of fused-ring (bicyclic) bond motifs is 7. The van der Waals surface area contributed by atoms with Crippen LogP contribution in [0.2, 0.25) is 0 Å². The Labute approximate surface area is 304 Å². The van der Waals surface area contributed by atoms with E-state index in [0.29, 0.717) is 11.3 Å². The number of nitrogens with zero attached hydrogens (tertiary/aromatic N) is 5. The van der Waals surface area contributed by atoms with Crippen molar-refractivity contribution in [3.63, 3.8) is 0 Å². The fourth-order valence-electron chi connectivity index (χ4n) is 5.13. The number of aromatic nitrogens is 5. The van der Waals surface area contributed by atoms with Gasteiger partial charge in [0.15, 0.2) is 11.6 Å². The normalized spacial score (nSPS) is 18.7. The molecule has 0 N–H and O–H groups in total. The molecular formula is C40H23N5OS. The molecule has 0 aliphatic rings. The lowest BCUT2D eigenvalue weighted by Gasteiger charge is -2.11. The number of hydrogen-bond donors (Lipinski definition) is 0. The molecule has 6 aromatic carbocycles. The SMILES string of the molecule is [2H]c1c([2H])c([2H])c(-c2nc3c(-c4nc(-c5c([2H])c([2H])c6c(oc7c([2H])c([2H])c([2H])c([2H])c76)c5[2H])nc(-n5c6c([2H])c([2H])c([2H])c([2H])c6c6c([2H])c([2H])c([2H])c([2H])c65)n4)c([2H])c([2H])c([2H])c3s2)c([2H])c1[2H]. The maximum Gasteiger partial charge on any atom is 0.238 e. The highest BCUT2D eigenvalue weighted by Gasteiger charge is 2.20. The average molecular weight is 645 g/mol. The van der Waals surface area contributed by atoms with Crippen molar-refractivity contribution in [3.05, 3.63) is 139 Å². The third-order valence-electron chi connectivity index (χ3n) is 7.13. The fraction of sp³-hybridized carbons (Fsp3) is 0. The first-order valence-corrected chi connectivity index (χ1v) is 14.3. The summed E-state index contributed by atoms with van der Waals surface area (Å²) >= 11 is 0.625. The summed E-state index contributed by atoms with van der Waals surface area (Å²) in [5, 5.41) is -1.75. The number of para-hydroxylation sites is 4. The second-order valence-electron chi connectivity index (χ2n) is 9.77. The van der Waals surface area contributed by atoms with Crippen LogP contribution in [-0.4, -0.2) is 24.5 Å². The first-order valence-electron chi connectivity index (χ1n) is 25.0. The van der Waals surface area contributed by atoms with Crippen molar-refractivity contribution in [1.82, 2.24) is 24.5 Å². The van der Waals surface area contributed by atoms with Crippen molar-refractivity contribution >= 4 is 65.3 Å². The van der Waals surface area contributed by atoms with Gasteiger partial charge in [0.05, 0.1) is 52.8 Å². The molecule has 10 rings (SSSR count). The predicted molar refractivity (Wildman–Crippen MR) is 191 cm³/mol. The minimum absolute atomic E-state index is 0.180. The van der Waals surface area contributed by atoms with Gasteiger partial charge in [0, 0.05) is 38.2 Å². The number of furan rings is 1. The lowest BCUT2D eigenvalue weighted by molar-refractivity contribution is 0.669. The summed E-state index contributed by atoms with van der Waals surface area (Å²) in [6.45, 7) is 0. The van der Waals surface area contributed by atoms with Crippen LogP contribution in [0.3, 0.4) is 0 Å². The van der Waals surface area contributed by atoms with Crippen LogP contribution >= 0.6 is 11.3 Å². The molecule has 0 saturated carbocycles. The standard InChI is InChI=1S/C40H23N5OS/c1-2-11-24(12-3-1)39-41-36-30(16-10-20-35(36)47-39)38-42-37(25-21-22-29-28-15-6-9-19-33(28)46-34(29)23-25)43-40(44-38)45-31-17-7-4-13-26(31)27-14-5-8-18-32(27)45/h1-23H/i1D,2D,3D,4D,5D,6D,7D,8D,9D,10D,11D,12D,13D,14D,15D,16D,17D,18D,19D,20D,21D,22D,23D. The molecule has 6 nitrogen and oxygen atoms in total. The van der Waals surface area contributed by atoms with Crippen molar-refractivity contribution in [2.75, 3.05) is 0 Å². The molecule has 4 heterocycles. The van der Waals surface area contributed by atoms with Crippen molar-refractivity contribution in [3.8, 4) is 39.3 Å². The third-order valence-corrected chi connectivity index (χ3v) is 8.12. The second kappa shape index (κ2) is 10.2. The zero-order valence-electron chi connectivity index (χ0n) is 46.1. The van der Waals surface area contributed by atoms with Gasteiger partial charge in [-0.2, -0.15) is 9.97 Å². The van der Waals surface area contributed by atoms with E-state index in [1.807, 2.05) is 0 Å². The summed E-state index contributed by atoms with van der Waals surface area (Å²) in [5.74, 6) is -2.18. The molecule has 0 saturated heterocycles. The lowest BCUT2D eigenvalue weighted by Crippen LogP contribution is -2.06. The maximum absolute atomic E-state index is 9.43. The van der Waals surface area contributed by atoms with Gasteiger partial charge in [-0.1, -0.05) is 96.7 Å². The molecule has 0 fully saturated rings. The van der Waals surface area contributed by atoms with E-state index >= 15 is 0 Å².